The summed E-state index contributed by atoms with van der Waals surface area (Å²) in [5.74, 6) is -0.197. The second kappa shape index (κ2) is 7.98. The second-order valence-electron chi connectivity index (χ2n) is 7.75. The molecule has 0 saturated carbocycles. The molecule has 0 fully saturated rings. The van der Waals surface area contributed by atoms with E-state index in [1.165, 1.54) is 11.0 Å². The Morgan fingerprint density at radius 2 is 1.81 bits per heavy atom. The molecule has 1 aromatic carbocycles. The van der Waals surface area contributed by atoms with Crippen molar-refractivity contribution in [3.8, 4) is 6.07 Å². The highest BCUT2D eigenvalue weighted by molar-refractivity contribution is 5.84. The molecule has 1 rings (SSSR count). The van der Waals surface area contributed by atoms with Crippen LogP contribution in [0.2, 0.25) is 0 Å². The van der Waals surface area contributed by atoms with Gasteiger partial charge in [0.1, 0.15) is 6.04 Å². The zero-order chi connectivity index (χ0) is 20.3. The van der Waals surface area contributed by atoms with Crippen molar-refractivity contribution in [1.29, 1.82) is 5.26 Å². The van der Waals surface area contributed by atoms with Crippen molar-refractivity contribution in [1.82, 2.24) is 4.90 Å². The van der Waals surface area contributed by atoms with Crippen LogP contribution in [0.5, 0.6) is 0 Å². The summed E-state index contributed by atoms with van der Waals surface area (Å²) in [6.07, 6.45) is -3.94. The van der Waals surface area contributed by atoms with Crippen LogP contribution in [0.25, 0.3) is 0 Å². The third-order valence-electron chi connectivity index (χ3n) is 4.13. The second-order valence-corrected chi connectivity index (χ2v) is 7.75. The van der Waals surface area contributed by atoms with Crippen molar-refractivity contribution >= 4 is 11.6 Å². The lowest BCUT2D eigenvalue weighted by Crippen LogP contribution is -2.46. The van der Waals surface area contributed by atoms with Gasteiger partial charge in [-0.05, 0) is 37.0 Å². The molecular weight excluding hydrogens is 343 g/mol. The molecule has 1 aromatic rings. The van der Waals surface area contributed by atoms with E-state index in [4.69, 9.17) is 5.26 Å². The molecule has 4 nitrogen and oxygen atoms in total. The van der Waals surface area contributed by atoms with E-state index >= 15 is 0 Å². The molecule has 1 amide bonds. The average molecular weight is 369 g/mol. The predicted molar refractivity (Wildman–Crippen MR) is 95.7 cm³/mol. The maximum atomic E-state index is 13.3. The molecule has 1 atom stereocenters. The van der Waals surface area contributed by atoms with Gasteiger partial charge in [0.25, 0.3) is 0 Å². The fraction of sp³-hybridized carbons (Fsp3) is 0.579. The maximum Gasteiger partial charge on any atom is 0.417 e. The van der Waals surface area contributed by atoms with Gasteiger partial charge in [-0.1, -0.05) is 20.8 Å². The normalized spacial score (nSPS) is 13.1. The van der Waals surface area contributed by atoms with Crippen molar-refractivity contribution in [3.63, 3.8) is 0 Å². The Labute approximate surface area is 153 Å². The van der Waals surface area contributed by atoms with Gasteiger partial charge in [-0.25, -0.2) is 0 Å². The summed E-state index contributed by atoms with van der Waals surface area (Å²) in [4.78, 5) is 15.5. The monoisotopic (exact) mass is 369 g/mol. The molecule has 0 spiro atoms. The first-order valence-electron chi connectivity index (χ1n) is 8.37. The number of amides is 1. The zero-order valence-corrected chi connectivity index (χ0v) is 16.1. The Kier molecular flexibility index (Phi) is 6.70. The molecule has 0 aliphatic rings. The Hall–Kier alpha value is -2.23. The van der Waals surface area contributed by atoms with E-state index in [1.54, 1.807) is 32.0 Å². The Morgan fingerprint density at radius 1 is 1.23 bits per heavy atom. The van der Waals surface area contributed by atoms with E-state index in [0.29, 0.717) is 13.0 Å². The Balaban J connectivity index is 3.38. The van der Waals surface area contributed by atoms with E-state index in [1.807, 2.05) is 20.8 Å². The van der Waals surface area contributed by atoms with Gasteiger partial charge in [0.05, 0.1) is 17.2 Å². The van der Waals surface area contributed by atoms with Gasteiger partial charge in [0.2, 0.25) is 5.91 Å². The molecule has 26 heavy (non-hydrogen) atoms. The van der Waals surface area contributed by atoms with Gasteiger partial charge < -0.3 is 9.80 Å². The number of anilines is 1. The van der Waals surface area contributed by atoms with Gasteiger partial charge in [-0.2, -0.15) is 18.4 Å². The quantitative estimate of drug-likeness (QED) is 0.778. The van der Waals surface area contributed by atoms with Crippen LogP contribution < -0.4 is 4.90 Å². The molecule has 0 saturated heterocycles. The predicted octanol–water partition coefficient (Wildman–Crippen LogP) is 4.30. The van der Waals surface area contributed by atoms with Gasteiger partial charge in [-0.3, -0.25) is 4.79 Å². The number of alkyl halides is 3. The lowest BCUT2D eigenvalue weighted by molar-refractivity contribution is -0.137. The van der Waals surface area contributed by atoms with Crippen molar-refractivity contribution in [2.75, 3.05) is 25.5 Å². The van der Waals surface area contributed by atoms with Crippen LogP contribution in [0.15, 0.2) is 18.2 Å². The van der Waals surface area contributed by atoms with Crippen molar-refractivity contribution in [2.45, 2.75) is 46.3 Å². The van der Waals surface area contributed by atoms with Crippen LogP contribution in [0.1, 0.15) is 45.2 Å². The largest absolute Gasteiger partial charge is 0.417 e. The fourth-order valence-corrected chi connectivity index (χ4v) is 2.55. The van der Waals surface area contributed by atoms with Crippen LogP contribution in [0, 0.1) is 16.7 Å². The number of rotatable bonds is 5. The molecule has 0 aliphatic carbocycles. The molecule has 0 heterocycles. The molecule has 1 unspecified atom stereocenters. The number of hydrogen-bond donors (Lipinski definition) is 0. The summed E-state index contributed by atoms with van der Waals surface area (Å²) in [6, 6.07) is 4.55. The standard InChI is InChI=1S/C19H26F3N3O/c1-13(17(26)24(5)6)25(10-9-18(2,3)4)15-8-7-14(12-23)16(11-15)19(20,21)22/h7-8,11,13H,9-10H2,1-6H3. The number of carbonyl (C=O) groups is 1. The molecule has 0 aliphatic heterocycles. The third kappa shape index (κ3) is 5.65. The summed E-state index contributed by atoms with van der Waals surface area (Å²) in [6.45, 7) is 8.19. The number of nitriles is 1. The van der Waals surface area contributed by atoms with Crippen molar-refractivity contribution in [2.24, 2.45) is 5.41 Å². The summed E-state index contributed by atoms with van der Waals surface area (Å²) in [5, 5.41) is 8.97. The summed E-state index contributed by atoms with van der Waals surface area (Å²) >= 11 is 0. The number of nitrogens with zero attached hydrogens (tertiary/aromatic N) is 3. The number of hydrogen-bond acceptors (Lipinski definition) is 3. The van der Waals surface area contributed by atoms with E-state index in [2.05, 4.69) is 0 Å². The smallest absolute Gasteiger partial charge is 0.360 e. The van der Waals surface area contributed by atoms with Crippen LogP contribution in [-0.2, 0) is 11.0 Å². The number of likely N-dealkylation sites (N-methyl/N-ethyl adjacent to an activating group) is 1. The van der Waals surface area contributed by atoms with Gasteiger partial charge in [0, 0.05) is 26.3 Å². The van der Waals surface area contributed by atoms with Crippen LogP contribution >= 0.6 is 0 Å². The lowest BCUT2D eigenvalue weighted by Gasteiger charge is -2.34. The number of benzene rings is 1. The third-order valence-corrected chi connectivity index (χ3v) is 4.13. The maximum absolute atomic E-state index is 13.3. The van der Waals surface area contributed by atoms with Crippen LogP contribution in [0.3, 0.4) is 0 Å². The number of carbonyl (C=O) groups excluding carboxylic acids is 1. The highest BCUT2D eigenvalue weighted by Crippen LogP contribution is 2.35. The van der Waals surface area contributed by atoms with E-state index in [9.17, 15) is 18.0 Å². The van der Waals surface area contributed by atoms with Gasteiger partial charge >= 0.3 is 6.18 Å². The lowest BCUT2D eigenvalue weighted by atomic mass is 9.91. The molecule has 144 valence electrons. The molecule has 0 radical (unpaired) electrons. The summed E-state index contributed by atoms with van der Waals surface area (Å²) in [7, 11) is 3.22. The van der Waals surface area contributed by atoms with Crippen LogP contribution in [-0.4, -0.2) is 37.5 Å². The Bertz CT molecular complexity index is 685. The van der Waals surface area contributed by atoms with E-state index in [-0.39, 0.29) is 17.0 Å². The average Bonchev–Trinajstić information content (AvgIpc) is 2.51. The molecule has 0 N–H and O–H groups in total. The van der Waals surface area contributed by atoms with Crippen LogP contribution in [0.4, 0.5) is 18.9 Å². The summed E-state index contributed by atoms with van der Waals surface area (Å²) in [5.41, 5.74) is -1.17. The highest BCUT2D eigenvalue weighted by atomic mass is 19.4. The molecule has 0 aromatic heterocycles. The molecular formula is C19H26F3N3O. The highest BCUT2D eigenvalue weighted by Gasteiger charge is 2.35. The zero-order valence-electron chi connectivity index (χ0n) is 16.1. The molecule has 7 heteroatoms. The first-order chi connectivity index (χ1) is 11.8. The summed E-state index contributed by atoms with van der Waals surface area (Å²) < 4.78 is 39.9. The van der Waals surface area contributed by atoms with Crippen molar-refractivity contribution in [3.05, 3.63) is 29.3 Å². The van der Waals surface area contributed by atoms with Gasteiger partial charge in [0.15, 0.2) is 0 Å². The first kappa shape index (κ1) is 21.8. The Morgan fingerprint density at radius 3 is 2.23 bits per heavy atom. The minimum absolute atomic E-state index is 0.0431. The van der Waals surface area contributed by atoms with Crippen molar-refractivity contribution < 1.29 is 18.0 Å². The minimum atomic E-state index is -4.63. The minimum Gasteiger partial charge on any atom is -0.360 e. The van der Waals surface area contributed by atoms with E-state index < -0.39 is 23.3 Å². The number of halogens is 3. The first-order valence-corrected chi connectivity index (χ1v) is 8.37. The van der Waals surface area contributed by atoms with E-state index in [0.717, 1.165) is 12.1 Å². The molecule has 0 bridgehead atoms. The van der Waals surface area contributed by atoms with Gasteiger partial charge in [-0.15, -0.1) is 0 Å². The SMILES string of the molecule is CC(C(=O)N(C)C)N(CCC(C)(C)C)c1ccc(C#N)c(C(F)(F)F)c1. The topological polar surface area (TPSA) is 47.3 Å². The fourth-order valence-electron chi connectivity index (χ4n) is 2.55.